The first-order valence-electron chi connectivity index (χ1n) is 6.87. The third-order valence-electron chi connectivity index (χ3n) is 3.62. The number of aromatic nitrogens is 2. The fraction of sp³-hybridized carbons (Fsp3) is 0.333. The molecule has 1 aromatic carbocycles. The molecule has 104 valence electrons. The molecule has 2 aromatic rings. The molecule has 0 spiro atoms. The molecule has 0 bridgehead atoms. The Morgan fingerprint density at radius 2 is 2.30 bits per heavy atom. The molecule has 2 heterocycles. The molecule has 0 unspecified atom stereocenters. The molecule has 20 heavy (non-hydrogen) atoms. The van der Waals surface area contributed by atoms with E-state index in [0.29, 0.717) is 5.56 Å². The average molecular weight is 270 g/mol. The number of nitrogens with one attached hydrogen (secondary N) is 1. The van der Waals surface area contributed by atoms with Gasteiger partial charge in [-0.15, -0.1) is 0 Å². The number of hydrogen-bond donors (Lipinski definition) is 1. The third-order valence-corrected chi connectivity index (χ3v) is 3.62. The van der Waals surface area contributed by atoms with E-state index in [9.17, 15) is 4.79 Å². The number of amides is 1. The Labute approximate surface area is 118 Å². The van der Waals surface area contributed by atoms with Gasteiger partial charge in [0.2, 0.25) is 0 Å². The average Bonchev–Trinajstić information content (AvgIpc) is 3.01. The van der Waals surface area contributed by atoms with Crippen LogP contribution in [0, 0.1) is 0 Å². The first kappa shape index (κ1) is 12.9. The highest BCUT2D eigenvalue weighted by atomic mass is 16.2. The quantitative estimate of drug-likeness (QED) is 0.895. The second kappa shape index (κ2) is 5.46. The van der Waals surface area contributed by atoms with E-state index < -0.39 is 0 Å². The number of carbonyl (C=O) groups excluding carboxylic acids is 1. The van der Waals surface area contributed by atoms with Gasteiger partial charge in [-0.3, -0.25) is 4.79 Å². The summed E-state index contributed by atoms with van der Waals surface area (Å²) in [5, 5.41) is 7.49. The zero-order valence-electron chi connectivity index (χ0n) is 11.5. The van der Waals surface area contributed by atoms with E-state index in [4.69, 9.17) is 0 Å². The number of benzene rings is 1. The van der Waals surface area contributed by atoms with Crippen molar-refractivity contribution in [2.75, 3.05) is 19.6 Å². The van der Waals surface area contributed by atoms with Gasteiger partial charge in [0.05, 0.1) is 5.69 Å². The van der Waals surface area contributed by atoms with Gasteiger partial charge < -0.3 is 10.2 Å². The minimum absolute atomic E-state index is 0.0907. The summed E-state index contributed by atoms with van der Waals surface area (Å²) < 4.78 is 1.76. The van der Waals surface area contributed by atoms with E-state index >= 15 is 0 Å². The Bertz CT molecular complexity index is 594. The van der Waals surface area contributed by atoms with Crippen LogP contribution in [0.2, 0.25) is 0 Å². The van der Waals surface area contributed by atoms with Crippen LogP contribution in [-0.4, -0.2) is 46.3 Å². The number of piperazine rings is 1. The van der Waals surface area contributed by atoms with Crippen LogP contribution >= 0.6 is 0 Å². The maximum Gasteiger partial charge on any atom is 0.254 e. The van der Waals surface area contributed by atoms with Crippen LogP contribution in [0.1, 0.15) is 17.3 Å². The Kier molecular flexibility index (Phi) is 3.52. The maximum atomic E-state index is 12.6. The molecule has 1 fully saturated rings. The van der Waals surface area contributed by atoms with Gasteiger partial charge in [-0.2, -0.15) is 5.10 Å². The number of hydrogen-bond acceptors (Lipinski definition) is 3. The van der Waals surface area contributed by atoms with Gasteiger partial charge in [0, 0.05) is 43.6 Å². The highest BCUT2D eigenvalue weighted by Crippen LogP contribution is 2.14. The normalized spacial score (nSPS) is 19.1. The van der Waals surface area contributed by atoms with Crippen molar-refractivity contribution in [3.8, 4) is 5.69 Å². The van der Waals surface area contributed by atoms with Crippen LogP contribution < -0.4 is 5.32 Å². The number of rotatable bonds is 2. The lowest BCUT2D eigenvalue weighted by Crippen LogP contribution is -2.52. The van der Waals surface area contributed by atoms with Gasteiger partial charge in [0.15, 0.2) is 0 Å². The van der Waals surface area contributed by atoms with E-state index in [2.05, 4.69) is 17.3 Å². The van der Waals surface area contributed by atoms with Crippen molar-refractivity contribution >= 4 is 5.91 Å². The van der Waals surface area contributed by atoms with E-state index in [0.717, 1.165) is 25.3 Å². The summed E-state index contributed by atoms with van der Waals surface area (Å²) in [5.41, 5.74) is 1.62. The van der Waals surface area contributed by atoms with Gasteiger partial charge in [0.1, 0.15) is 0 Å². The summed E-state index contributed by atoms with van der Waals surface area (Å²) in [6, 6.07) is 9.70. The van der Waals surface area contributed by atoms with Crippen molar-refractivity contribution < 1.29 is 4.79 Å². The van der Waals surface area contributed by atoms with Gasteiger partial charge in [-0.05, 0) is 31.2 Å². The largest absolute Gasteiger partial charge is 0.333 e. The summed E-state index contributed by atoms with van der Waals surface area (Å²) in [5.74, 6) is 0.0907. The zero-order valence-corrected chi connectivity index (χ0v) is 11.5. The standard InChI is InChI=1S/C15H18N4O/c1-12-11-16-7-9-18(12)15(20)13-4-2-5-14(10-13)19-8-3-6-17-19/h2-6,8,10,12,16H,7,9,11H2,1H3/t12-/m0/s1. The molecule has 1 aromatic heterocycles. The molecule has 0 saturated carbocycles. The van der Waals surface area contributed by atoms with Crippen molar-refractivity contribution in [1.29, 1.82) is 0 Å². The molecule has 1 N–H and O–H groups in total. The lowest BCUT2D eigenvalue weighted by molar-refractivity contribution is 0.0655. The summed E-state index contributed by atoms with van der Waals surface area (Å²) in [6.45, 7) is 4.53. The molecule has 5 heteroatoms. The van der Waals surface area contributed by atoms with E-state index in [-0.39, 0.29) is 11.9 Å². The second-order valence-corrected chi connectivity index (χ2v) is 5.05. The van der Waals surface area contributed by atoms with Crippen LogP contribution in [0.3, 0.4) is 0 Å². The fourth-order valence-corrected chi connectivity index (χ4v) is 2.51. The lowest BCUT2D eigenvalue weighted by atomic mass is 10.1. The molecule has 0 aliphatic carbocycles. The van der Waals surface area contributed by atoms with E-state index in [1.807, 2.05) is 41.4 Å². The molecule has 1 amide bonds. The van der Waals surface area contributed by atoms with Crippen LogP contribution in [0.5, 0.6) is 0 Å². The maximum absolute atomic E-state index is 12.6. The first-order chi connectivity index (χ1) is 9.75. The Balaban J connectivity index is 1.86. The van der Waals surface area contributed by atoms with Crippen LogP contribution in [0.4, 0.5) is 0 Å². The molecular formula is C15H18N4O. The predicted octanol–water partition coefficient (Wildman–Crippen LogP) is 1.31. The van der Waals surface area contributed by atoms with Crippen molar-refractivity contribution in [2.24, 2.45) is 0 Å². The smallest absolute Gasteiger partial charge is 0.254 e. The Morgan fingerprint density at radius 3 is 3.05 bits per heavy atom. The molecule has 1 saturated heterocycles. The first-order valence-corrected chi connectivity index (χ1v) is 6.87. The SMILES string of the molecule is C[C@H]1CNCCN1C(=O)c1cccc(-n2cccn2)c1. The second-order valence-electron chi connectivity index (χ2n) is 5.05. The van der Waals surface area contributed by atoms with Crippen molar-refractivity contribution in [3.63, 3.8) is 0 Å². The minimum atomic E-state index is 0.0907. The molecule has 0 radical (unpaired) electrons. The number of nitrogens with zero attached hydrogens (tertiary/aromatic N) is 3. The molecule has 5 nitrogen and oxygen atoms in total. The summed E-state index contributed by atoms with van der Waals surface area (Å²) in [4.78, 5) is 14.5. The van der Waals surface area contributed by atoms with Gasteiger partial charge in [-0.25, -0.2) is 4.68 Å². The minimum Gasteiger partial charge on any atom is -0.333 e. The molecule has 1 aliphatic heterocycles. The molecule has 1 atom stereocenters. The van der Waals surface area contributed by atoms with Crippen LogP contribution in [0.25, 0.3) is 5.69 Å². The van der Waals surface area contributed by atoms with Gasteiger partial charge >= 0.3 is 0 Å². The summed E-state index contributed by atoms with van der Waals surface area (Å²) >= 11 is 0. The highest BCUT2D eigenvalue weighted by molar-refractivity contribution is 5.95. The summed E-state index contributed by atoms with van der Waals surface area (Å²) in [7, 11) is 0. The predicted molar refractivity (Wildman–Crippen MR) is 76.9 cm³/mol. The lowest BCUT2D eigenvalue weighted by Gasteiger charge is -2.34. The molecule has 3 rings (SSSR count). The van der Waals surface area contributed by atoms with Crippen LogP contribution in [-0.2, 0) is 0 Å². The van der Waals surface area contributed by atoms with Crippen molar-refractivity contribution in [1.82, 2.24) is 20.0 Å². The molecule has 1 aliphatic rings. The fourth-order valence-electron chi connectivity index (χ4n) is 2.51. The van der Waals surface area contributed by atoms with Crippen molar-refractivity contribution in [3.05, 3.63) is 48.3 Å². The van der Waals surface area contributed by atoms with E-state index in [1.165, 1.54) is 0 Å². The van der Waals surface area contributed by atoms with Gasteiger partial charge in [0.25, 0.3) is 5.91 Å². The Hall–Kier alpha value is -2.14. The van der Waals surface area contributed by atoms with E-state index in [1.54, 1.807) is 10.9 Å². The van der Waals surface area contributed by atoms with Gasteiger partial charge in [-0.1, -0.05) is 6.07 Å². The number of carbonyl (C=O) groups is 1. The topological polar surface area (TPSA) is 50.2 Å². The Morgan fingerprint density at radius 1 is 1.40 bits per heavy atom. The van der Waals surface area contributed by atoms with Crippen LogP contribution in [0.15, 0.2) is 42.7 Å². The zero-order chi connectivity index (χ0) is 13.9. The third kappa shape index (κ3) is 2.44. The molecular weight excluding hydrogens is 252 g/mol. The van der Waals surface area contributed by atoms with Crippen molar-refractivity contribution in [2.45, 2.75) is 13.0 Å². The monoisotopic (exact) mass is 270 g/mol. The summed E-state index contributed by atoms with van der Waals surface area (Å²) in [6.07, 6.45) is 3.60. The highest BCUT2D eigenvalue weighted by Gasteiger charge is 2.24.